The first kappa shape index (κ1) is 9.87. The molecule has 2 nitrogen and oxygen atoms in total. The van der Waals surface area contributed by atoms with Crippen molar-refractivity contribution in [1.29, 1.82) is 0 Å². The number of ether oxygens (including phenoxy) is 1. The first-order chi connectivity index (χ1) is 6.83. The molecule has 0 amide bonds. The summed E-state index contributed by atoms with van der Waals surface area (Å²) in [6.45, 7) is 2.56. The molecule has 76 valence electrons. The van der Waals surface area contributed by atoms with Crippen LogP contribution in [0.15, 0.2) is 16.8 Å². The molecule has 0 aromatic carbocycles. The highest BCUT2D eigenvalue weighted by molar-refractivity contribution is 7.08. The van der Waals surface area contributed by atoms with Crippen molar-refractivity contribution >= 4 is 17.1 Å². The fourth-order valence-electron chi connectivity index (χ4n) is 1.57. The molecule has 1 aromatic rings. The van der Waals surface area contributed by atoms with Crippen molar-refractivity contribution in [2.24, 2.45) is 5.92 Å². The Morgan fingerprint density at radius 2 is 2.50 bits per heavy atom. The number of rotatable bonds is 5. The molecule has 2 rings (SSSR count). The molecule has 1 heterocycles. The Morgan fingerprint density at radius 3 is 3.00 bits per heavy atom. The van der Waals surface area contributed by atoms with Gasteiger partial charge < -0.3 is 4.74 Å². The first-order valence-electron chi connectivity index (χ1n) is 5.01. The number of carbonyl (C=O) groups is 1. The molecule has 1 aliphatic carbocycles. The lowest BCUT2D eigenvalue weighted by Gasteiger charge is -2.13. The van der Waals surface area contributed by atoms with Gasteiger partial charge in [0.2, 0.25) is 0 Å². The van der Waals surface area contributed by atoms with E-state index in [-0.39, 0.29) is 11.9 Å². The van der Waals surface area contributed by atoms with Crippen molar-refractivity contribution in [3.63, 3.8) is 0 Å². The van der Waals surface area contributed by atoms with Crippen molar-refractivity contribution < 1.29 is 9.53 Å². The van der Waals surface area contributed by atoms with Gasteiger partial charge in [0, 0.05) is 17.6 Å². The molecule has 0 bridgehead atoms. The summed E-state index contributed by atoms with van der Waals surface area (Å²) >= 11 is 1.56. The molecule has 0 saturated heterocycles. The van der Waals surface area contributed by atoms with E-state index in [0.29, 0.717) is 12.5 Å². The molecule has 0 spiro atoms. The van der Waals surface area contributed by atoms with Crippen LogP contribution in [0.2, 0.25) is 0 Å². The molecule has 0 aliphatic heterocycles. The minimum atomic E-state index is -0.186. The Morgan fingerprint density at radius 1 is 1.71 bits per heavy atom. The quantitative estimate of drug-likeness (QED) is 0.698. The third kappa shape index (κ3) is 2.04. The number of thiophene rings is 1. The van der Waals surface area contributed by atoms with Crippen molar-refractivity contribution in [2.75, 3.05) is 6.61 Å². The summed E-state index contributed by atoms with van der Waals surface area (Å²) in [5, 5.41) is 3.83. The number of ketones is 1. The highest BCUT2D eigenvalue weighted by Gasteiger charge is 2.37. The maximum absolute atomic E-state index is 12.0. The van der Waals surface area contributed by atoms with E-state index in [1.165, 1.54) is 0 Å². The molecule has 1 saturated carbocycles. The van der Waals surface area contributed by atoms with E-state index in [2.05, 4.69) is 0 Å². The van der Waals surface area contributed by atoms with Gasteiger partial charge in [-0.25, -0.2) is 0 Å². The largest absolute Gasteiger partial charge is 0.370 e. The SMILES string of the molecule is CCOC(C(=O)c1ccsc1)C1CC1. The van der Waals surface area contributed by atoms with Crippen LogP contribution in [-0.4, -0.2) is 18.5 Å². The van der Waals surface area contributed by atoms with Gasteiger partial charge in [-0.3, -0.25) is 4.79 Å². The van der Waals surface area contributed by atoms with Gasteiger partial charge in [-0.1, -0.05) is 0 Å². The lowest BCUT2D eigenvalue weighted by molar-refractivity contribution is 0.0375. The van der Waals surface area contributed by atoms with E-state index in [0.717, 1.165) is 18.4 Å². The van der Waals surface area contributed by atoms with Crippen LogP contribution >= 0.6 is 11.3 Å². The molecule has 1 fully saturated rings. The number of hydrogen-bond acceptors (Lipinski definition) is 3. The van der Waals surface area contributed by atoms with Crippen LogP contribution in [0.4, 0.5) is 0 Å². The Hall–Kier alpha value is -0.670. The monoisotopic (exact) mass is 210 g/mol. The summed E-state index contributed by atoms with van der Waals surface area (Å²) < 4.78 is 5.51. The van der Waals surface area contributed by atoms with Gasteiger partial charge in [-0.05, 0) is 37.1 Å². The highest BCUT2D eigenvalue weighted by atomic mass is 32.1. The lowest BCUT2D eigenvalue weighted by atomic mass is 10.1. The topological polar surface area (TPSA) is 26.3 Å². The third-order valence-corrected chi connectivity index (χ3v) is 3.14. The molecule has 0 radical (unpaired) electrons. The van der Waals surface area contributed by atoms with E-state index in [4.69, 9.17) is 4.74 Å². The van der Waals surface area contributed by atoms with Crippen LogP contribution < -0.4 is 0 Å². The Bertz CT molecular complexity index is 301. The van der Waals surface area contributed by atoms with Crippen LogP contribution in [0.5, 0.6) is 0 Å². The van der Waals surface area contributed by atoms with E-state index >= 15 is 0 Å². The second-order valence-electron chi connectivity index (χ2n) is 3.59. The fourth-order valence-corrected chi connectivity index (χ4v) is 2.22. The Kier molecular flexibility index (Phi) is 2.99. The van der Waals surface area contributed by atoms with Crippen molar-refractivity contribution in [2.45, 2.75) is 25.9 Å². The zero-order valence-corrected chi connectivity index (χ0v) is 9.05. The first-order valence-corrected chi connectivity index (χ1v) is 5.95. The maximum atomic E-state index is 12.0. The predicted octanol–water partition coefficient (Wildman–Crippen LogP) is 2.75. The van der Waals surface area contributed by atoms with Crippen molar-refractivity contribution in [3.05, 3.63) is 22.4 Å². The van der Waals surface area contributed by atoms with E-state index in [1.807, 2.05) is 23.8 Å². The highest BCUT2D eigenvalue weighted by Crippen LogP contribution is 2.36. The molecule has 1 aromatic heterocycles. The second kappa shape index (κ2) is 4.24. The van der Waals surface area contributed by atoms with Crippen LogP contribution in [0.25, 0.3) is 0 Å². The fraction of sp³-hybridized carbons (Fsp3) is 0.545. The van der Waals surface area contributed by atoms with Gasteiger partial charge in [0.05, 0.1) is 0 Å². The number of carbonyl (C=O) groups excluding carboxylic acids is 1. The molecular weight excluding hydrogens is 196 g/mol. The van der Waals surface area contributed by atoms with E-state index in [1.54, 1.807) is 11.3 Å². The molecule has 1 atom stereocenters. The molecule has 3 heteroatoms. The number of hydrogen-bond donors (Lipinski definition) is 0. The maximum Gasteiger partial charge on any atom is 0.192 e. The summed E-state index contributed by atoms with van der Waals surface area (Å²) in [4.78, 5) is 12.0. The second-order valence-corrected chi connectivity index (χ2v) is 4.37. The van der Waals surface area contributed by atoms with Gasteiger partial charge in [-0.15, -0.1) is 0 Å². The van der Waals surface area contributed by atoms with Crippen LogP contribution in [0.3, 0.4) is 0 Å². The molecular formula is C11H14O2S. The summed E-state index contributed by atoms with van der Waals surface area (Å²) in [6, 6.07) is 1.88. The molecule has 14 heavy (non-hydrogen) atoms. The van der Waals surface area contributed by atoms with E-state index < -0.39 is 0 Å². The van der Waals surface area contributed by atoms with Crippen LogP contribution in [-0.2, 0) is 4.74 Å². The minimum Gasteiger partial charge on any atom is -0.370 e. The van der Waals surface area contributed by atoms with Gasteiger partial charge in [-0.2, -0.15) is 11.3 Å². The Balaban J connectivity index is 2.07. The minimum absolute atomic E-state index is 0.163. The molecule has 1 unspecified atom stereocenters. The summed E-state index contributed by atoms with van der Waals surface area (Å²) in [5.74, 6) is 0.637. The smallest absolute Gasteiger partial charge is 0.192 e. The average molecular weight is 210 g/mol. The van der Waals surface area contributed by atoms with Crippen LogP contribution in [0, 0.1) is 5.92 Å². The standard InChI is InChI=1S/C11H14O2S/c1-2-13-11(8-3-4-8)10(12)9-5-6-14-7-9/h5-8,11H,2-4H2,1H3. The lowest BCUT2D eigenvalue weighted by Crippen LogP contribution is -2.26. The zero-order chi connectivity index (χ0) is 9.97. The zero-order valence-electron chi connectivity index (χ0n) is 8.23. The average Bonchev–Trinajstić information content (AvgIpc) is 2.88. The molecule has 1 aliphatic rings. The Labute approximate surface area is 87.9 Å². The third-order valence-electron chi connectivity index (χ3n) is 2.46. The van der Waals surface area contributed by atoms with Crippen molar-refractivity contribution in [3.8, 4) is 0 Å². The predicted molar refractivity (Wildman–Crippen MR) is 56.8 cm³/mol. The normalized spacial score (nSPS) is 18.1. The van der Waals surface area contributed by atoms with E-state index in [9.17, 15) is 4.79 Å². The van der Waals surface area contributed by atoms with Gasteiger partial charge in [0.1, 0.15) is 6.10 Å². The van der Waals surface area contributed by atoms with Gasteiger partial charge >= 0.3 is 0 Å². The molecule has 0 N–H and O–H groups in total. The van der Waals surface area contributed by atoms with Gasteiger partial charge in [0.15, 0.2) is 5.78 Å². The van der Waals surface area contributed by atoms with Crippen molar-refractivity contribution in [1.82, 2.24) is 0 Å². The summed E-state index contributed by atoms with van der Waals surface area (Å²) in [6.07, 6.45) is 2.09. The number of Topliss-reactive ketones (excluding diaryl/α,β-unsaturated/α-hetero) is 1. The van der Waals surface area contributed by atoms with Gasteiger partial charge in [0.25, 0.3) is 0 Å². The summed E-state index contributed by atoms with van der Waals surface area (Å²) in [5.41, 5.74) is 0.806. The summed E-state index contributed by atoms with van der Waals surface area (Å²) in [7, 11) is 0. The van der Waals surface area contributed by atoms with Crippen LogP contribution in [0.1, 0.15) is 30.1 Å².